The molecule has 7 heteroatoms. The second-order valence-corrected chi connectivity index (χ2v) is 7.82. The fourth-order valence-electron chi connectivity index (χ4n) is 2.69. The normalized spacial score (nSPS) is 14.5. The highest BCUT2D eigenvalue weighted by Crippen LogP contribution is 2.34. The van der Waals surface area contributed by atoms with Crippen molar-refractivity contribution < 1.29 is 23.1 Å². The molecule has 0 bridgehead atoms. The molecule has 0 saturated heterocycles. The highest BCUT2D eigenvalue weighted by atomic mass is 32.2. The number of benzene rings is 2. The van der Waals surface area contributed by atoms with Crippen molar-refractivity contribution in [1.82, 2.24) is 4.31 Å². The molecule has 0 unspecified atom stereocenters. The van der Waals surface area contributed by atoms with Crippen LogP contribution in [0.5, 0.6) is 5.75 Å². The number of carbonyl (C=O) groups is 1. The van der Waals surface area contributed by atoms with Crippen molar-refractivity contribution in [3.8, 4) is 5.75 Å². The lowest BCUT2D eigenvalue weighted by Gasteiger charge is -2.22. The van der Waals surface area contributed by atoms with Gasteiger partial charge in [0.1, 0.15) is 11.3 Å². The molecule has 0 aliphatic heterocycles. The topological polar surface area (TPSA) is 83.9 Å². The van der Waals surface area contributed by atoms with Crippen LogP contribution in [0.25, 0.3) is 0 Å². The Kier molecular flexibility index (Phi) is 4.78. The molecule has 1 aliphatic carbocycles. The zero-order valence-corrected chi connectivity index (χ0v) is 14.6. The van der Waals surface area contributed by atoms with Gasteiger partial charge in [-0.2, -0.15) is 4.31 Å². The summed E-state index contributed by atoms with van der Waals surface area (Å²) in [6.07, 6.45) is 1.63. The van der Waals surface area contributed by atoms with Gasteiger partial charge >= 0.3 is 5.97 Å². The molecule has 2 aromatic carbocycles. The zero-order valence-electron chi connectivity index (χ0n) is 13.8. The van der Waals surface area contributed by atoms with Crippen LogP contribution in [0.3, 0.4) is 0 Å². The van der Waals surface area contributed by atoms with Crippen LogP contribution in [0.15, 0.2) is 53.4 Å². The number of hydrogen-bond acceptors (Lipinski definition) is 4. The highest BCUT2D eigenvalue weighted by molar-refractivity contribution is 7.89. The molecule has 0 heterocycles. The van der Waals surface area contributed by atoms with Crippen molar-refractivity contribution in [3.05, 3.63) is 59.7 Å². The Balaban J connectivity index is 1.98. The van der Waals surface area contributed by atoms with E-state index in [0.717, 1.165) is 24.5 Å². The molecule has 0 radical (unpaired) electrons. The summed E-state index contributed by atoms with van der Waals surface area (Å²) in [5.74, 6) is -1.09. The van der Waals surface area contributed by atoms with E-state index in [-0.39, 0.29) is 28.8 Å². The number of methoxy groups -OCH3 is 1. The molecule has 1 N–H and O–H groups in total. The number of ether oxygens (including phenoxy) is 1. The molecule has 0 atom stereocenters. The fraction of sp³-hybridized carbons (Fsp3) is 0.278. The van der Waals surface area contributed by atoms with E-state index in [9.17, 15) is 18.3 Å². The van der Waals surface area contributed by atoms with Crippen LogP contribution < -0.4 is 4.74 Å². The minimum atomic E-state index is -3.80. The van der Waals surface area contributed by atoms with E-state index < -0.39 is 16.0 Å². The van der Waals surface area contributed by atoms with E-state index in [4.69, 9.17) is 4.74 Å². The minimum Gasteiger partial charge on any atom is -0.496 e. The number of sulfonamides is 1. The Hall–Kier alpha value is -2.38. The van der Waals surface area contributed by atoms with E-state index in [0.29, 0.717) is 0 Å². The van der Waals surface area contributed by atoms with Crippen LogP contribution in [0.2, 0.25) is 0 Å². The molecule has 3 rings (SSSR count). The molecule has 2 aromatic rings. The Morgan fingerprint density at radius 2 is 1.88 bits per heavy atom. The first-order valence-corrected chi connectivity index (χ1v) is 9.34. The molecule has 132 valence electrons. The van der Waals surface area contributed by atoms with Gasteiger partial charge in [0.15, 0.2) is 0 Å². The fourth-order valence-corrected chi connectivity index (χ4v) is 4.39. The third-order valence-electron chi connectivity index (χ3n) is 4.14. The second kappa shape index (κ2) is 6.85. The van der Waals surface area contributed by atoms with Crippen molar-refractivity contribution in [1.29, 1.82) is 0 Å². The van der Waals surface area contributed by atoms with Crippen LogP contribution in [0.1, 0.15) is 28.8 Å². The molecule has 25 heavy (non-hydrogen) atoms. The van der Waals surface area contributed by atoms with Gasteiger partial charge in [-0.05, 0) is 36.6 Å². The summed E-state index contributed by atoms with van der Waals surface area (Å²) >= 11 is 0. The van der Waals surface area contributed by atoms with Crippen LogP contribution >= 0.6 is 0 Å². The number of rotatable bonds is 7. The highest BCUT2D eigenvalue weighted by Gasteiger charge is 2.38. The monoisotopic (exact) mass is 361 g/mol. The van der Waals surface area contributed by atoms with E-state index in [1.165, 1.54) is 23.5 Å². The SMILES string of the molecule is COc1ccc(S(=O)(=O)N(Cc2ccccc2)C2CC2)cc1C(=O)O. The summed E-state index contributed by atoms with van der Waals surface area (Å²) in [6.45, 7) is 0.266. The van der Waals surface area contributed by atoms with E-state index >= 15 is 0 Å². The van der Waals surface area contributed by atoms with Gasteiger partial charge in [-0.25, -0.2) is 13.2 Å². The first kappa shape index (κ1) is 17.4. The van der Waals surface area contributed by atoms with Crippen LogP contribution in [-0.2, 0) is 16.6 Å². The summed E-state index contributed by atoms with van der Waals surface area (Å²) in [5, 5.41) is 9.29. The molecule has 0 aromatic heterocycles. The lowest BCUT2D eigenvalue weighted by molar-refractivity contribution is 0.0693. The first-order chi connectivity index (χ1) is 11.9. The molecule has 1 saturated carbocycles. The lowest BCUT2D eigenvalue weighted by atomic mass is 10.2. The minimum absolute atomic E-state index is 0.0338. The van der Waals surface area contributed by atoms with Gasteiger partial charge < -0.3 is 9.84 Å². The van der Waals surface area contributed by atoms with E-state index in [1.807, 2.05) is 30.3 Å². The van der Waals surface area contributed by atoms with Gasteiger partial charge in [0, 0.05) is 12.6 Å². The van der Waals surface area contributed by atoms with E-state index in [1.54, 1.807) is 0 Å². The summed E-state index contributed by atoms with van der Waals surface area (Å²) in [7, 11) is -2.45. The van der Waals surface area contributed by atoms with Gasteiger partial charge in [-0.15, -0.1) is 0 Å². The molecular formula is C18H19NO5S. The molecule has 0 spiro atoms. The number of aromatic carboxylic acids is 1. The Morgan fingerprint density at radius 3 is 2.44 bits per heavy atom. The van der Waals surface area contributed by atoms with Crippen LogP contribution in [-0.4, -0.2) is 37.0 Å². The van der Waals surface area contributed by atoms with E-state index in [2.05, 4.69) is 0 Å². The summed E-state index contributed by atoms with van der Waals surface area (Å²) in [4.78, 5) is 11.3. The third kappa shape index (κ3) is 3.67. The van der Waals surface area contributed by atoms with Crippen molar-refractivity contribution in [2.75, 3.05) is 7.11 Å². The number of carboxylic acids is 1. The van der Waals surface area contributed by atoms with Gasteiger partial charge in [-0.1, -0.05) is 30.3 Å². The van der Waals surface area contributed by atoms with Crippen LogP contribution in [0, 0.1) is 0 Å². The number of nitrogens with zero attached hydrogens (tertiary/aromatic N) is 1. The van der Waals surface area contributed by atoms with Crippen molar-refractivity contribution in [2.45, 2.75) is 30.3 Å². The largest absolute Gasteiger partial charge is 0.496 e. The second-order valence-electron chi connectivity index (χ2n) is 5.93. The maximum absolute atomic E-state index is 13.1. The number of carboxylic acid groups (broad SMARTS) is 1. The smallest absolute Gasteiger partial charge is 0.339 e. The standard InChI is InChI=1S/C18H19NO5S/c1-24-17-10-9-15(11-16(17)18(20)21)25(22,23)19(14-7-8-14)12-13-5-3-2-4-6-13/h2-6,9-11,14H,7-8,12H2,1H3,(H,20,21). The third-order valence-corrected chi connectivity index (χ3v) is 6.04. The van der Waals surface area contributed by atoms with Gasteiger partial charge in [0.05, 0.1) is 12.0 Å². The summed E-state index contributed by atoms with van der Waals surface area (Å²) in [5.41, 5.74) is 0.726. The lowest BCUT2D eigenvalue weighted by Crippen LogP contribution is -2.32. The average Bonchev–Trinajstić information content (AvgIpc) is 3.44. The summed E-state index contributed by atoms with van der Waals surface area (Å²) in [6, 6.07) is 13.2. The predicted octanol–water partition coefficient (Wildman–Crippen LogP) is 2.75. The Labute approximate surface area is 146 Å². The Morgan fingerprint density at radius 1 is 1.20 bits per heavy atom. The van der Waals surface area contributed by atoms with Gasteiger partial charge in [0.2, 0.25) is 10.0 Å². The maximum Gasteiger partial charge on any atom is 0.339 e. The van der Waals surface area contributed by atoms with Gasteiger partial charge in [-0.3, -0.25) is 0 Å². The van der Waals surface area contributed by atoms with Gasteiger partial charge in [0.25, 0.3) is 0 Å². The van der Waals surface area contributed by atoms with Crippen molar-refractivity contribution >= 4 is 16.0 Å². The molecule has 0 amide bonds. The molecule has 6 nitrogen and oxygen atoms in total. The molecule has 1 aliphatic rings. The quantitative estimate of drug-likeness (QED) is 0.820. The average molecular weight is 361 g/mol. The first-order valence-electron chi connectivity index (χ1n) is 7.90. The molecular weight excluding hydrogens is 342 g/mol. The maximum atomic E-state index is 13.1. The Bertz CT molecular complexity index is 876. The summed E-state index contributed by atoms with van der Waals surface area (Å²) < 4.78 is 32.6. The zero-order chi connectivity index (χ0) is 18.0. The van der Waals surface area contributed by atoms with Crippen molar-refractivity contribution in [2.24, 2.45) is 0 Å². The predicted molar refractivity (Wildman–Crippen MR) is 92.1 cm³/mol. The van der Waals surface area contributed by atoms with Crippen molar-refractivity contribution in [3.63, 3.8) is 0 Å². The van der Waals surface area contributed by atoms with Crippen LogP contribution in [0.4, 0.5) is 0 Å². The number of hydrogen-bond donors (Lipinski definition) is 1. The molecule has 1 fully saturated rings.